The zero-order valence-corrected chi connectivity index (χ0v) is 15.1. The van der Waals surface area contributed by atoms with Crippen LogP contribution < -0.4 is 11.1 Å². The van der Waals surface area contributed by atoms with Crippen molar-refractivity contribution in [1.82, 2.24) is 10.2 Å². The lowest BCUT2D eigenvalue weighted by Crippen LogP contribution is -2.54. The van der Waals surface area contributed by atoms with E-state index in [4.69, 9.17) is 5.73 Å². The van der Waals surface area contributed by atoms with E-state index in [0.717, 1.165) is 49.9 Å². The van der Waals surface area contributed by atoms with Crippen molar-refractivity contribution in [2.75, 3.05) is 19.6 Å². The number of amides is 2. The maximum Gasteiger partial charge on any atom is 0.312 e. The zero-order valence-electron chi connectivity index (χ0n) is 15.1. The molecule has 2 atom stereocenters. The first-order valence-corrected chi connectivity index (χ1v) is 9.57. The molecule has 0 unspecified atom stereocenters. The molecule has 2 aromatic carbocycles. The topological polar surface area (TPSA) is 58.4 Å². The van der Waals surface area contributed by atoms with E-state index in [-0.39, 0.29) is 5.54 Å². The highest BCUT2D eigenvalue weighted by Gasteiger charge is 2.42. The third-order valence-electron chi connectivity index (χ3n) is 6.04. The first-order chi connectivity index (χ1) is 12.7. The minimum Gasteiger partial charge on any atom is -0.352 e. The second-order valence-corrected chi connectivity index (χ2v) is 7.75. The van der Waals surface area contributed by atoms with Gasteiger partial charge in [-0.1, -0.05) is 60.7 Å². The standard InChI is InChI=1S/C22H27N3O/c23-21(26)24-22(19-9-5-2-6-10-19)11-13-25(14-12-22)16-18-15-20(18)17-7-3-1-4-8-17/h1-10,18,20H,11-16H2,(H3,23,24,26)/t18-,20+/m0/s1. The lowest BCUT2D eigenvalue weighted by atomic mass is 9.81. The number of rotatable bonds is 5. The Labute approximate surface area is 155 Å². The summed E-state index contributed by atoms with van der Waals surface area (Å²) in [7, 11) is 0. The van der Waals surface area contributed by atoms with Crippen molar-refractivity contribution in [1.29, 1.82) is 0 Å². The monoisotopic (exact) mass is 349 g/mol. The van der Waals surface area contributed by atoms with E-state index in [1.165, 1.54) is 12.0 Å². The van der Waals surface area contributed by atoms with Gasteiger partial charge >= 0.3 is 6.03 Å². The number of hydrogen-bond donors (Lipinski definition) is 2. The molecule has 1 saturated carbocycles. The van der Waals surface area contributed by atoms with Crippen molar-refractivity contribution >= 4 is 6.03 Å². The van der Waals surface area contributed by atoms with Gasteiger partial charge in [0, 0.05) is 19.6 Å². The summed E-state index contributed by atoms with van der Waals surface area (Å²) in [4.78, 5) is 14.2. The molecule has 0 bridgehead atoms. The fourth-order valence-electron chi connectivity index (χ4n) is 4.49. The molecule has 136 valence electrons. The summed E-state index contributed by atoms with van der Waals surface area (Å²) >= 11 is 0. The predicted molar refractivity (Wildman–Crippen MR) is 104 cm³/mol. The molecule has 26 heavy (non-hydrogen) atoms. The third-order valence-corrected chi connectivity index (χ3v) is 6.04. The molecule has 1 heterocycles. The maximum absolute atomic E-state index is 11.6. The Morgan fingerprint density at radius 1 is 1.04 bits per heavy atom. The third kappa shape index (κ3) is 3.61. The number of primary amides is 1. The van der Waals surface area contributed by atoms with Crippen molar-refractivity contribution < 1.29 is 4.79 Å². The van der Waals surface area contributed by atoms with E-state index >= 15 is 0 Å². The van der Waals surface area contributed by atoms with Gasteiger partial charge in [-0.3, -0.25) is 0 Å². The van der Waals surface area contributed by atoms with Crippen LogP contribution in [0.3, 0.4) is 0 Å². The summed E-state index contributed by atoms with van der Waals surface area (Å²) in [5.74, 6) is 1.49. The summed E-state index contributed by atoms with van der Waals surface area (Å²) in [6.45, 7) is 3.14. The summed E-state index contributed by atoms with van der Waals surface area (Å²) in [6.07, 6.45) is 3.11. The van der Waals surface area contributed by atoms with Gasteiger partial charge in [-0.15, -0.1) is 0 Å². The molecule has 2 aromatic rings. The number of likely N-dealkylation sites (tertiary alicyclic amines) is 1. The highest BCUT2D eigenvalue weighted by Crippen LogP contribution is 2.48. The molecule has 1 aliphatic carbocycles. The first kappa shape index (κ1) is 17.1. The molecule has 4 nitrogen and oxygen atoms in total. The van der Waals surface area contributed by atoms with E-state index in [9.17, 15) is 4.79 Å². The van der Waals surface area contributed by atoms with Gasteiger partial charge in [0.15, 0.2) is 0 Å². The summed E-state index contributed by atoms with van der Waals surface area (Å²) in [5, 5.41) is 3.05. The van der Waals surface area contributed by atoms with Gasteiger partial charge in [-0.2, -0.15) is 0 Å². The van der Waals surface area contributed by atoms with Crippen LogP contribution in [0, 0.1) is 5.92 Å². The van der Waals surface area contributed by atoms with Crippen molar-refractivity contribution in [3.63, 3.8) is 0 Å². The number of nitrogens with zero attached hydrogens (tertiary/aromatic N) is 1. The van der Waals surface area contributed by atoms with Crippen LogP contribution >= 0.6 is 0 Å². The van der Waals surface area contributed by atoms with Crippen LogP contribution in [-0.2, 0) is 5.54 Å². The van der Waals surface area contributed by atoms with E-state index < -0.39 is 6.03 Å². The average molecular weight is 349 g/mol. The quantitative estimate of drug-likeness (QED) is 0.869. The van der Waals surface area contributed by atoms with Crippen molar-refractivity contribution in [2.45, 2.75) is 30.7 Å². The molecule has 0 radical (unpaired) electrons. The van der Waals surface area contributed by atoms with E-state index in [1.807, 2.05) is 18.2 Å². The van der Waals surface area contributed by atoms with Gasteiger partial charge in [0.1, 0.15) is 0 Å². The molecule has 4 rings (SSSR count). The van der Waals surface area contributed by atoms with Gasteiger partial charge in [0.25, 0.3) is 0 Å². The van der Waals surface area contributed by atoms with Gasteiger partial charge in [0.2, 0.25) is 0 Å². The molecule has 1 saturated heterocycles. The fourth-order valence-corrected chi connectivity index (χ4v) is 4.49. The Bertz CT molecular complexity index is 738. The maximum atomic E-state index is 11.6. The summed E-state index contributed by atoms with van der Waals surface area (Å²) in [6, 6.07) is 20.7. The van der Waals surface area contributed by atoms with Crippen LogP contribution in [0.1, 0.15) is 36.3 Å². The highest BCUT2D eigenvalue weighted by molar-refractivity contribution is 5.73. The number of urea groups is 1. The number of benzene rings is 2. The lowest BCUT2D eigenvalue weighted by Gasteiger charge is -2.42. The van der Waals surface area contributed by atoms with Gasteiger partial charge < -0.3 is 16.0 Å². The predicted octanol–water partition coefficient (Wildman–Crippen LogP) is 3.45. The second-order valence-electron chi connectivity index (χ2n) is 7.75. The van der Waals surface area contributed by atoms with Crippen LogP contribution in [0.4, 0.5) is 4.79 Å². The van der Waals surface area contributed by atoms with Crippen LogP contribution in [0.25, 0.3) is 0 Å². The Balaban J connectivity index is 1.37. The van der Waals surface area contributed by atoms with Crippen LogP contribution in [-0.4, -0.2) is 30.6 Å². The molecule has 2 amide bonds. The first-order valence-electron chi connectivity index (χ1n) is 9.57. The highest BCUT2D eigenvalue weighted by atomic mass is 16.2. The lowest BCUT2D eigenvalue weighted by molar-refractivity contribution is 0.134. The number of carbonyl (C=O) groups excluding carboxylic acids is 1. The molecular formula is C22H27N3O. The Morgan fingerprint density at radius 3 is 2.27 bits per heavy atom. The number of nitrogens with one attached hydrogen (secondary N) is 1. The van der Waals surface area contributed by atoms with Gasteiger partial charge in [-0.25, -0.2) is 4.79 Å². The fraction of sp³-hybridized carbons (Fsp3) is 0.409. The minimum absolute atomic E-state index is 0.327. The molecule has 2 fully saturated rings. The van der Waals surface area contributed by atoms with Gasteiger partial charge in [-0.05, 0) is 42.2 Å². The van der Waals surface area contributed by atoms with Crippen LogP contribution in [0.5, 0.6) is 0 Å². The normalized spacial score (nSPS) is 24.8. The van der Waals surface area contributed by atoms with Crippen molar-refractivity contribution in [3.05, 3.63) is 71.8 Å². The minimum atomic E-state index is -0.436. The molecule has 0 aromatic heterocycles. The molecule has 4 heteroatoms. The van der Waals surface area contributed by atoms with E-state index in [0.29, 0.717) is 0 Å². The molecule has 3 N–H and O–H groups in total. The average Bonchev–Trinajstić information content (AvgIpc) is 3.44. The molecule has 2 aliphatic rings. The van der Waals surface area contributed by atoms with E-state index in [1.54, 1.807) is 0 Å². The molecular weight excluding hydrogens is 322 g/mol. The SMILES string of the molecule is NC(=O)NC1(c2ccccc2)CCN(C[C@@H]2C[C@@H]2c2ccccc2)CC1. The van der Waals surface area contributed by atoms with Crippen LogP contribution in [0.2, 0.25) is 0 Å². The van der Waals surface area contributed by atoms with Crippen molar-refractivity contribution in [2.24, 2.45) is 11.7 Å². The Hall–Kier alpha value is -2.33. The Morgan fingerprint density at radius 2 is 1.65 bits per heavy atom. The largest absolute Gasteiger partial charge is 0.352 e. The Kier molecular flexibility index (Phi) is 4.68. The number of hydrogen-bond acceptors (Lipinski definition) is 2. The second kappa shape index (κ2) is 7.12. The van der Waals surface area contributed by atoms with Crippen LogP contribution in [0.15, 0.2) is 60.7 Å². The smallest absolute Gasteiger partial charge is 0.312 e. The molecule has 1 aliphatic heterocycles. The number of nitrogens with two attached hydrogens (primary N) is 1. The summed E-state index contributed by atoms with van der Waals surface area (Å²) in [5.41, 5.74) is 7.80. The summed E-state index contributed by atoms with van der Waals surface area (Å²) < 4.78 is 0. The van der Waals surface area contributed by atoms with Crippen molar-refractivity contribution in [3.8, 4) is 0 Å². The number of carbonyl (C=O) groups is 1. The zero-order chi connectivity index (χ0) is 18.0. The number of piperidine rings is 1. The van der Waals surface area contributed by atoms with E-state index in [2.05, 4.69) is 52.7 Å². The van der Waals surface area contributed by atoms with Gasteiger partial charge in [0.05, 0.1) is 5.54 Å². The molecule has 0 spiro atoms.